The molecule has 2 rings (SSSR count). The Labute approximate surface area is 123 Å². The normalized spacial score (nSPS) is 16.3. The van der Waals surface area contributed by atoms with Gasteiger partial charge in [0.1, 0.15) is 0 Å². The van der Waals surface area contributed by atoms with Crippen molar-refractivity contribution < 1.29 is 23.5 Å². The van der Waals surface area contributed by atoms with Gasteiger partial charge in [0.05, 0.1) is 14.2 Å². The number of hydrogen-bond acceptors (Lipinski definition) is 6. The molecule has 0 saturated heterocycles. The number of ether oxygens (including phenoxy) is 2. The summed E-state index contributed by atoms with van der Waals surface area (Å²) in [4.78, 5) is 27.4. The summed E-state index contributed by atoms with van der Waals surface area (Å²) in [5.41, 5.74) is -0.104. The average Bonchev–Trinajstić information content (AvgIpc) is 2.74. The van der Waals surface area contributed by atoms with Crippen molar-refractivity contribution >= 4 is 11.9 Å². The van der Waals surface area contributed by atoms with Gasteiger partial charge in [-0.1, -0.05) is 25.7 Å². The Morgan fingerprint density at radius 3 is 2.29 bits per heavy atom. The number of aromatic nitrogens is 1. The molecule has 0 bridgehead atoms. The standard InChI is InChI=1S/C15H21NO5/c1-19-14(17)12-13(15(18)20-2)21-11(16-12)9-10-7-5-3-4-6-8-10/h10H,3-9H2,1-2H3. The Kier molecular flexibility index (Phi) is 5.36. The van der Waals surface area contributed by atoms with Gasteiger partial charge in [-0.05, 0) is 18.8 Å². The van der Waals surface area contributed by atoms with Crippen molar-refractivity contribution in [2.45, 2.75) is 44.9 Å². The summed E-state index contributed by atoms with van der Waals surface area (Å²) in [6.45, 7) is 0. The Morgan fingerprint density at radius 2 is 1.71 bits per heavy atom. The van der Waals surface area contributed by atoms with Gasteiger partial charge in [0.15, 0.2) is 5.89 Å². The summed E-state index contributed by atoms with van der Waals surface area (Å²) in [6, 6.07) is 0. The van der Waals surface area contributed by atoms with Gasteiger partial charge in [0.2, 0.25) is 11.5 Å². The van der Waals surface area contributed by atoms with Crippen molar-refractivity contribution in [3.8, 4) is 0 Å². The predicted molar refractivity (Wildman–Crippen MR) is 74.1 cm³/mol. The molecular weight excluding hydrogens is 274 g/mol. The predicted octanol–water partition coefficient (Wildman–Crippen LogP) is 2.76. The lowest BCUT2D eigenvalue weighted by Crippen LogP contribution is -2.10. The minimum absolute atomic E-state index is 0.104. The van der Waals surface area contributed by atoms with Gasteiger partial charge >= 0.3 is 11.9 Å². The molecule has 0 spiro atoms. The summed E-state index contributed by atoms with van der Waals surface area (Å²) in [5.74, 6) is -0.681. The number of rotatable bonds is 4. The fourth-order valence-electron chi connectivity index (χ4n) is 2.73. The van der Waals surface area contributed by atoms with E-state index in [1.54, 1.807) is 0 Å². The summed E-state index contributed by atoms with van der Waals surface area (Å²) in [6.07, 6.45) is 7.85. The highest BCUT2D eigenvalue weighted by molar-refractivity contribution is 5.99. The third-order valence-electron chi connectivity index (χ3n) is 3.86. The molecular formula is C15H21NO5. The highest BCUT2D eigenvalue weighted by Crippen LogP contribution is 2.26. The van der Waals surface area contributed by atoms with Gasteiger partial charge in [-0.3, -0.25) is 0 Å². The molecule has 0 aliphatic heterocycles. The maximum absolute atomic E-state index is 11.7. The smallest absolute Gasteiger partial charge is 0.376 e. The Hall–Kier alpha value is -1.85. The van der Waals surface area contributed by atoms with Crippen LogP contribution in [0.3, 0.4) is 0 Å². The number of carbonyl (C=O) groups is 2. The molecule has 6 nitrogen and oxygen atoms in total. The van der Waals surface area contributed by atoms with Gasteiger partial charge < -0.3 is 13.9 Å². The number of esters is 2. The third-order valence-corrected chi connectivity index (χ3v) is 3.86. The van der Waals surface area contributed by atoms with E-state index in [1.807, 2.05) is 0 Å². The number of carbonyl (C=O) groups excluding carboxylic acids is 2. The Balaban J connectivity index is 2.17. The van der Waals surface area contributed by atoms with Gasteiger partial charge in [-0.15, -0.1) is 0 Å². The van der Waals surface area contributed by atoms with Gasteiger partial charge in [0.25, 0.3) is 0 Å². The summed E-state index contributed by atoms with van der Waals surface area (Å²) < 4.78 is 14.7. The molecule has 1 fully saturated rings. The van der Waals surface area contributed by atoms with Crippen molar-refractivity contribution in [3.05, 3.63) is 17.3 Å². The van der Waals surface area contributed by atoms with Crippen LogP contribution in [-0.4, -0.2) is 31.1 Å². The Morgan fingerprint density at radius 1 is 1.10 bits per heavy atom. The van der Waals surface area contributed by atoms with Crippen molar-refractivity contribution in [2.75, 3.05) is 14.2 Å². The fraction of sp³-hybridized carbons (Fsp3) is 0.667. The molecule has 116 valence electrons. The van der Waals surface area contributed by atoms with E-state index in [-0.39, 0.29) is 11.5 Å². The van der Waals surface area contributed by atoms with E-state index < -0.39 is 11.9 Å². The van der Waals surface area contributed by atoms with Crippen LogP contribution in [0.1, 0.15) is 65.5 Å². The van der Waals surface area contributed by atoms with E-state index in [0.717, 1.165) is 12.8 Å². The highest BCUT2D eigenvalue weighted by Gasteiger charge is 2.28. The molecule has 0 unspecified atom stereocenters. The van der Waals surface area contributed by atoms with Crippen molar-refractivity contribution in [3.63, 3.8) is 0 Å². The van der Waals surface area contributed by atoms with Crippen LogP contribution in [0.2, 0.25) is 0 Å². The maximum Gasteiger partial charge on any atom is 0.376 e. The average molecular weight is 295 g/mol. The summed E-state index contributed by atoms with van der Waals surface area (Å²) >= 11 is 0. The zero-order chi connectivity index (χ0) is 15.2. The zero-order valence-corrected chi connectivity index (χ0v) is 12.5. The highest BCUT2D eigenvalue weighted by atomic mass is 16.5. The first-order chi connectivity index (χ1) is 10.2. The van der Waals surface area contributed by atoms with Gasteiger partial charge in [-0.25, -0.2) is 14.6 Å². The summed E-state index contributed by atoms with van der Waals surface area (Å²) in [7, 11) is 2.47. The van der Waals surface area contributed by atoms with Crippen LogP contribution in [0, 0.1) is 5.92 Å². The van der Waals surface area contributed by atoms with E-state index in [9.17, 15) is 9.59 Å². The van der Waals surface area contributed by atoms with Crippen molar-refractivity contribution in [1.82, 2.24) is 4.98 Å². The van der Waals surface area contributed by atoms with E-state index in [2.05, 4.69) is 14.5 Å². The molecule has 0 radical (unpaired) electrons. The minimum Gasteiger partial charge on any atom is -0.464 e. The van der Waals surface area contributed by atoms with Crippen LogP contribution in [0.25, 0.3) is 0 Å². The minimum atomic E-state index is -0.713. The first-order valence-corrected chi connectivity index (χ1v) is 7.32. The van der Waals surface area contributed by atoms with Crippen LogP contribution in [0.15, 0.2) is 4.42 Å². The molecule has 21 heavy (non-hydrogen) atoms. The zero-order valence-electron chi connectivity index (χ0n) is 12.5. The lowest BCUT2D eigenvalue weighted by Gasteiger charge is -2.10. The van der Waals surface area contributed by atoms with E-state index >= 15 is 0 Å². The second-order valence-corrected chi connectivity index (χ2v) is 5.33. The van der Waals surface area contributed by atoms with Crippen LogP contribution in [0.5, 0.6) is 0 Å². The molecule has 0 amide bonds. The van der Waals surface area contributed by atoms with E-state index in [4.69, 9.17) is 4.42 Å². The van der Waals surface area contributed by atoms with Crippen LogP contribution >= 0.6 is 0 Å². The molecule has 1 aliphatic carbocycles. The maximum atomic E-state index is 11.7. The Bertz CT molecular complexity index is 467. The topological polar surface area (TPSA) is 78.6 Å². The monoisotopic (exact) mass is 295 g/mol. The first kappa shape index (κ1) is 15.5. The molecule has 1 aromatic rings. The van der Waals surface area contributed by atoms with Gasteiger partial charge in [-0.2, -0.15) is 0 Å². The first-order valence-electron chi connectivity index (χ1n) is 7.32. The van der Waals surface area contributed by atoms with Crippen molar-refractivity contribution in [2.24, 2.45) is 5.92 Å². The third kappa shape index (κ3) is 3.83. The number of hydrogen-bond donors (Lipinski definition) is 0. The number of oxazole rings is 1. The van der Waals surface area contributed by atoms with E-state index in [0.29, 0.717) is 18.2 Å². The van der Waals surface area contributed by atoms with Crippen molar-refractivity contribution in [1.29, 1.82) is 0 Å². The second-order valence-electron chi connectivity index (χ2n) is 5.33. The molecule has 1 saturated carbocycles. The lowest BCUT2D eigenvalue weighted by atomic mass is 9.97. The number of nitrogens with zero attached hydrogens (tertiary/aromatic N) is 1. The molecule has 1 aliphatic rings. The van der Waals surface area contributed by atoms with E-state index in [1.165, 1.54) is 39.9 Å². The quantitative estimate of drug-likeness (QED) is 0.627. The molecule has 0 N–H and O–H groups in total. The van der Waals surface area contributed by atoms with Crippen LogP contribution in [-0.2, 0) is 15.9 Å². The van der Waals surface area contributed by atoms with Crippen LogP contribution < -0.4 is 0 Å². The largest absolute Gasteiger partial charge is 0.464 e. The SMILES string of the molecule is COC(=O)c1nc(CC2CCCCCC2)oc1C(=O)OC. The molecule has 6 heteroatoms. The molecule has 0 aromatic carbocycles. The second kappa shape index (κ2) is 7.24. The van der Waals surface area contributed by atoms with Crippen LogP contribution in [0.4, 0.5) is 0 Å². The molecule has 1 heterocycles. The number of methoxy groups -OCH3 is 2. The van der Waals surface area contributed by atoms with Gasteiger partial charge in [0, 0.05) is 6.42 Å². The molecule has 1 aromatic heterocycles. The lowest BCUT2D eigenvalue weighted by molar-refractivity contribution is 0.0525. The summed E-state index contributed by atoms with van der Waals surface area (Å²) in [5, 5.41) is 0. The fourth-order valence-corrected chi connectivity index (χ4v) is 2.73. The molecule has 0 atom stereocenters.